The van der Waals surface area contributed by atoms with Crippen LogP contribution < -0.4 is 5.73 Å². The third-order valence-electron chi connectivity index (χ3n) is 1.68. The number of hydrogen-bond acceptors (Lipinski definition) is 3. The molecular weight excluding hydrogens is 166 g/mol. The van der Waals surface area contributed by atoms with Crippen LogP contribution in [0, 0.1) is 0 Å². The SMILES string of the molecule is C=C(C)C(=O)c1ccc(O)c(N)c1. The lowest BCUT2D eigenvalue weighted by molar-refractivity contribution is 0.103. The summed E-state index contributed by atoms with van der Waals surface area (Å²) >= 11 is 0. The summed E-state index contributed by atoms with van der Waals surface area (Å²) in [6.07, 6.45) is 0. The number of aromatic hydroxyl groups is 1. The molecule has 1 aromatic carbocycles. The maximum absolute atomic E-state index is 11.4. The molecule has 68 valence electrons. The van der Waals surface area contributed by atoms with Gasteiger partial charge in [-0.25, -0.2) is 0 Å². The van der Waals surface area contributed by atoms with Crippen LogP contribution in [-0.2, 0) is 0 Å². The molecule has 0 aliphatic heterocycles. The highest BCUT2D eigenvalue weighted by Gasteiger charge is 2.07. The largest absolute Gasteiger partial charge is 0.506 e. The van der Waals surface area contributed by atoms with Crippen LogP contribution in [0.5, 0.6) is 5.75 Å². The number of phenolic OH excluding ortho intramolecular Hbond substituents is 1. The van der Waals surface area contributed by atoms with Crippen molar-refractivity contribution in [1.29, 1.82) is 0 Å². The second-order valence-corrected chi connectivity index (χ2v) is 2.88. The van der Waals surface area contributed by atoms with Gasteiger partial charge in [-0.05, 0) is 30.7 Å². The van der Waals surface area contributed by atoms with Crippen molar-refractivity contribution in [1.82, 2.24) is 0 Å². The number of nitrogen functional groups attached to an aromatic ring is 1. The van der Waals surface area contributed by atoms with Gasteiger partial charge >= 0.3 is 0 Å². The standard InChI is InChI=1S/C10H11NO2/c1-6(2)10(13)7-3-4-9(12)8(11)5-7/h3-5,12H,1,11H2,2H3. The van der Waals surface area contributed by atoms with Crippen molar-refractivity contribution in [2.75, 3.05) is 5.73 Å². The Morgan fingerprint density at radius 1 is 1.54 bits per heavy atom. The summed E-state index contributed by atoms with van der Waals surface area (Å²) < 4.78 is 0. The molecule has 0 aliphatic carbocycles. The molecule has 1 aromatic rings. The molecule has 0 fully saturated rings. The van der Waals surface area contributed by atoms with Gasteiger partial charge in [0.05, 0.1) is 5.69 Å². The molecule has 0 bridgehead atoms. The lowest BCUT2D eigenvalue weighted by Gasteiger charge is -2.02. The molecule has 0 atom stereocenters. The fourth-order valence-electron chi connectivity index (χ4n) is 0.942. The number of carbonyl (C=O) groups excluding carboxylic acids is 1. The fourth-order valence-corrected chi connectivity index (χ4v) is 0.942. The summed E-state index contributed by atoms with van der Waals surface area (Å²) in [7, 11) is 0. The van der Waals surface area contributed by atoms with Crippen molar-refractivity contribution in [2.24, 2.45) is 0 Å². The summed E-state index contributed by atoms with van der Waals surface area (Å²) in [5, 5.41) is 9.11. The Kier molecular flexibility index (Phi) is 2.37. The second-order valence-electron chi connectivity index (χ2n) is 2.88. The smallest absolute Gasteiger partial charge is 0.188 e. The zero-order chi connectivity index (χ0) is 10.0. The van der Waals surface area contributed by atoms with E-state index in [2.05, 4.69) is 6.58 Å². The number of anilines is 1. The molecule has 3 heteroatoms. The molecule has 0 unspecified atom stereocenters. The van der Waals surface area contributed by atoms with Crippen LogP contribution in [-0.4, -0.2) is 10.9 Å². The van der Waals surface area contributed by atoms with Crippen LogP contribution in [0.3, 0.4) is 0 Å². The molecule has 0 spiro atoms. The molecule has 0 heterocycles. The van der Waals surface area contributed by atoms with Gasteiger partial charge in [0.1, 0.15) is 5.75 Å². The number of rotatable bonds is 2. The minimum absolute atomic E-state index is 0.0155. The average molecular weight is 177 g/mol. The third kappa shape index (κ3) is 1.87. The van der Waals surface area contributed by atoms with Crippen LogP contribution >= 0.6 is 0 Å². The number of nitrogens with two attached hydrogens (primary N) is 1. The summed E-state index contributed by atoms with van der Waals surface area (Å²) in [5.41, 5.74) is 6.52. The van der Waals surface area contributed by atoms with E-state index in [0.717, 1.165) is 0 Å². The van der Waals surface area contributed by atoms with Crippen molar-refractivity contribution in [2.45, 2.75) is 6.92 Å². The molecule has 0 aliphatic rings. The van der Waals surface area contributed by atoms with E-state index in [0.29, 0.717) is 11.1 Å². The lowest BCUT2D eigenvalue weighted by atomic mass is 10.1. The summed E-state index contributed by atoms with van der Waals surface area (Å²) in [4.78, 5) is 11.4. The normalized spacial score (nSPS) is 9.62. The zero-order valence-corrected chi connectivity index (χ0v) is 7.37. The van der Waals surface area contributed by atoms with Gasteiger partial charge in [-0.15, -0.1) is 0 Å². The highest BCUT2D eigenvalue weighted by Crippen LogP contribution is 2.21. The zero-order valence-electron chi connectivity index (χ0n) is 7.37. The van der Waals surface area contributed by atoms with Crippen molar-refractivity contribution < 1.29 is 9.90 Å². The first-order chi connectivity index (χ1) is 6.02. The third-order valence-corrected chi connectivity index (χ3v) is 1.68. The second kappa shape index (κ2) is 3.31. The quantitative estimate of drug-likeness (QED) is 0.313. The highest BCUT2D eigenvalue weighted by atomic mass is 16.3. The maximum atomic E-state index is 11.4. The molecule has 3 N–H and O–H groups in total. The molecule has 0 amide bonds. The van der Waals surface area contributed by atoms with Gasteiger partial charge in [-0.2, -0.15) is 0 Å². The Labute approximate surface area is 76.5 Å². The van der Waals surface area contributed by atoms with E-state index in [9.17, 15) is 4.79 Å². The molecule has 3 nitrogen and oxygen atoms in total. The molecule has 1 rings (SSSR count). The number of phenols is 1. The van der Waals surface area contributed by atoms with Crippen LogP contribution in [0.15, 0.2) is 30.4 Å². The Hall–Kier alpha value is -1.77. The molecule has 0 saturated carbocycles. The van der Waals surface area contributed by atoms with Gasteiger partial charge in [-0.3, -0.25) is 4.79 Å². The van der Waals surface area contributed by atoms with E-state index in [1.165, 1.54) is 18.2 Å². The highest BCUT2D eigenvalue weighted by molar-refractivity contribution is 6.08. The first-order valence-corrected chi connectivity index (χ1v) is 3.81. The van der Waals surface area contributed by atoms with E-state index < -0.39 is 0 Å². The fraction of sp³-hybridized carbons (Fsp3) is 0.100. The Bertz CT molecular complexity index is 369. The van der Waals surface area contributed by atoms with Crippen LogP contribution in [0.4, 0.5) is 5.69 Å². The van der Waals surface area contributed by atoms with Crippen molar-refractivity contribution in [3.8, 4) is 5.75 Å². The molecule has 13 heavy (non-hydrogen) atoms. The van der Waals surface area contributed by atoms with Gasteiger partial charge in [0.15, 0.2) is 5.78 Å². The van der Waals surface area contributed by atoms with Gasteiger partial charge in [0.2, 0.25) is 0 Å². The minimum Gasteiger partial charge on any atom is -0.506 e. The van der Waals surface area contributed by atoms with E-state index in [-0.39, 0.29) is 17.2 Å². The van der Waals surface area contributed by atoms with Crippen molar-refractivity contribution in [3.05, 3.63) is 35.9 Å². The maximum Gasteiger partial charge on any atom is 0.188 e. The van der Waals surface area contributed by atoms with Gasteiger partial charge < -0.3 is 10.8 Å². The number of hydrogen-bond donors (Lipinski definition) is 2. The first-order valence-electron chi connectivity index (χ1n) is 3.81. The Balaban J connectivity index is 3.11. The van der Waals surface area contributed by atoms with E-state index in [1.54, 1.807) is 6.92 Å². The number of ketones is 1. The lowest BCUT2D eigenvalue weighted by Crippen LogP contribution is -2.00. The predicted octanol–water partition coefficient (Wildman–Crippen LogP) is 1.73. The Morgan fingerprint density at radius 2 is 2.15 bits per heavy atom. The first kappa shape index (κ1) is 9.32. The number of benzene rings is 1. The summed E-state index contributed by atoms with van der Waals surface area (Å²) in [5.74, 6) is -0.176. The van der Waals surface area contributed by atoms with Crippen LogP contribution in [0.25, 0.3) is 0 Å². The number of allylic oxidation sites excluding steroid dienone is 1. The monoisotopic (exact) mass is 177 g/mol. The van der Waals surface area contributed by atoms with E-state index in [1.807, 2.05) is 0 Å². The topological polar surface area (TPSA) is 63.3 Å². The van der Waals surface area contributed by atoms with Gasteiger partial charge in [0.25, 0.3) is 0 Å². The van der Waals surface area contributed by atoms with Crippen molar-refractivity contribution >= 4 is 11.5 Å². The van der Waals surface area contributed by atoms with Crippen LogP contribution in [0.1, 0.15) is 17.3 Å². The predicted molar refractivity (Wildman–Crippen MR) is 51.7 cm³/mol. The molecular formula is C10H11NO2. The van der Waals surface area contributed by atoms with Gasteiger partial charge in [-0.1, -0.05) is 6.58 Å². The number of carbonyl (C=O) groups is 1. The number of Topliss-reactive ketones (excluding diaryl/α,β-unsaturated/α-hetero) is 1. The van der Waals surface area contributed by atoms with Gasteiger partial charge in [0, 0.05) is 5.56 Å². The Morgan fingerprint density at radius 3 is 2.62 bits per heavy atom. The molecule has 0 aromatic heterocycles. The minimum atomic E-state index is -0.160. The van der Waals surface area contributed by atoms with Crippen molar-refractivity contribution in [3.63, 3.8) is 0 Å². The molecule has 0 radical (unpaired) electrons. The molecule has 0 saturated heterocycles. The van der Waals surface area contributed by atoms with E-state index >= 15 is 0 Å². The summed E-state index contributed by atoms with van der Waals surface area (Å²) in [6, 6.07) is 4.35. The average Bonchev–Trinajstić information content (AvgIpc) is 2.08. The van der Waals surface area contributed by atoms with E-state index in [4.69, 9.17) is 10.8 Å². The summed E-state index contributed by atoms with van der Waals surface area (Å²) in [6.45, 7) is 5.16. The van der Waals surface area contributed by atoms with Crippen LogP contribution in [0.2, 0.25) is 0 Å².